The summed E-state index contributed by atoms with van der Waals surface area (Å²) >= 11 is 11.1. The maximum Gasteiger partial charge on any atom is 0.258 e. The Kier molecular flexibility index (Phi) is 2.95. The summed E-state index contributed by atoms with van der Waals surface area (Å²) in [6.45, 7) is 0. The molecule has 0 aliphatic rings. The van der Waals surface area contributed by atoms with Crippen LogP contribution in [-0.2, 0) is 0 Å². The fourth-order valence-electron chi connectivity index (χ4n) is 0.835. The number of aromatic amines is 1. The molecule has 2 N–H and O–H groups in total. The van der Waals surface area contributed by atoms with Crippen molar-refractivity contribution in [1.29, 1.82) is 0 Å². The molecule has 1 aromatic heterocycles. The van der Waals surface area contributed by atoms with Gasteiger partial charge in [0.2, 0.25) is 0 Å². The van der Waals surface area contributed by atoms with Gasteiger partial charge in [0.05, 0.1) is 0 Å². The first-order valence-electron chi connectivity index (χ1n) is 3.36. The predicted octanol–water partition coefficient (Wildman–Crippen LogP) is 1.04. The number of carbonyl (C=O) groups is 1. The van der Waals surface area contributed by atoms with E-state index in [0.29, 0.717) is 0 Å². The zero-order valence-corrected chi connectivity index (χ0v) is 8.16. The Morgan fingerprint density at radius 3 is 2.62 bits per heavy atom. The number of hydrogen-bond donors (Lipinski definition) is 2. The van der Waals surface area contributed by atoms with Crippen LogP contribution in [0.15, 0.2) is 10.9 Å². The van der Waals surface area contributed by atoms with Gasteiger partial charge >= 0.3 is 0 Å². The van der Waals surface area contributed by atoms with Gasteiger partial charge in [0.25, 0.3) is 5.91 Å². The molecule has 4 nitrogen and oxygen atoms in total. The maximum absolute atomic E-state index is 11.2. The van der Waals surface area contributed by atoms with Crippen molar-refractivity contribution < 1.29 is 4.79 Å². The molecule has 0 aromatic carbocycles. The van der Waals surface area contributed by atoms with Gasteiger partial charge in [0.1, 0.15) is 15.9 Å². The molecule has 0 aliphatic heterocycles. The van der Waals surface area contributed by atoms with E-state index in [0.717, 1.165) is 6.07 Å². The van der Waals surface area contributed by atoms with E-state index in [1.165, 1.54) is 7.05 Å². The third-order valence-electron chi connectivity index (χ3n) is 1.41. The van der Waals surface area contributed by atoms with Crippen LogP contribution in [0.5, 0.6) is 0 Å². The Morgan fingerprint density at radius 1 is 1.54 bits per heavy atom. The highest BCUT2D eigenvalue weighted by molar-refractivity contribution is 6.34. The summed E-state index contributed by atoms with van der Waals surface area (Å²) in [6, 6.07) is 1.10. The van der Waals surface area contributed by atoms with E-state index >= 15 is 0 Å². The summed E-state index contributed by atoms with van der Waals surface area (Å²) in [7, 11) is 1.41. The molecular weight excluding hydrogens is 215 g/mol. The Bertz CT molecular complexity index is 400. The van der Waals surface area contributed by atoms with Crippen molar-refractivity contribution in [3.63, 3.8) is 0 Å². The summed E-state index contributed by atoms with van der Waals surface area (Å²) in [5.74, 6) is -0.539. The summed E-state index contributed by atoms with van der Waals surface area (Å²) in [4.78, 5) is 24.8. The number of aromatic nitrogens is 1. The second kappa shape index (κ2) is 3.81. The van der Waals surface area contributed by atoms with Gasteiger partial charge in [0, 0.05) is 13.1 Å². The molecule has 0 radical (unpaired) electrons. The average molecular weight is 221 g/mol. The highest BCUT2D eigenvalue weighted by Gasteiger charge is 2.13. The van der Waals surface area contributed by atoms with E-state index < -0.39 is 11.3 Å². The molecule has 0 aliphatic carbocycles. The number of carbonyl (C=O) groups excluding carboxylic acids is 1. The Labute approximate surface area is 83.9 Å². The molecule has 6 heteroatoms. The number of rotatable bonds is 1. The van der Waals surface area contributed by atoms with E-state index in [-0.39, 0.29) is 15.9 Å². The van der Waals surface area contributed by atoms with Gasteiger partial charge in [-0.25, -0.2) is 0 Å². The first kappa shape index (κ1) is 10.1. The minimum Gasteiger partial charge on any atom is -0.355 e. The van der Waals surface area contributed by atoms with Crippen molar-refractivity contribution in [3.8, 4) is 0 Å². The Balaban J connectivity index is 3.38. The fraction of sp³-hybridized carbons (Fsp3) is 0.143. The van der Waals surface area contributed by atoms with Gasteiger partial charge in [-0.05, 0) is 0 Å². The fourth-order valence-corrected chi connectivity index (χ4v) is 1.36. The van der Waals surface area contributed by atoms with E-state index in [1.54, 1.807) is 0 Å². The third-order valence-corrected chi connectivity index (χ3v) is 1.89. The molecule has 1 rings (SSSR count). The van der Waals surface area contributed by atoms with Gasteiger partial charge in [-0.15, -0.1) is 0 Å². The van der Waals surface area contributed by atoms with Gasteiger partial charge in [-0.3, -0.25) is 9.59 Å². The maximum atomic E-state index is 11.2. The lowest BCUT2D eigenvalue weighted by molar-refractivity contribution is 0.0962. The number of nitrogens with one attached hydrogen (secondary N) is 2. The molecule has 1 amide bonds. The molecule has 0 fully saturated rings. The SMILES string of the molecule is CNC(=O)c1c(Cl)[nH]c(Cl)cc1=O. The molecule has 0 unspecified atom stereocenters. The van der Waals surface area contributed by atoms with Crippen LogP contribution in [0.2, 0.25) is 10.3 Å². The van der Waals surface area contributed by atoms with Crippen molar-refractivity contribution in [2.24, 2.45) is 0 Å². The van der Waals surface area contributed by atoms with Gasteiger partial charge in [-0.1, -0.05) is 23.2 Å². The summed E-state index contributed by atoms with van der Waals surface area (Å²) in [6.07, 6.45) is 0. The second-order valence-electron chi connectivity index (χ2n) is 2.25. The predicted molar refractivity (Wildman–Crippen MR) is 50.5 cm³/mol. The molecule has 0 saturated heterocycles. The monoisotopic (exact) mass is 220 g/mol. The van der Waals surface area contributed by atoms with Crippen LogP contribution >= 0.6 is 23.2 Å². The van der Waals surface area contributed by atoms with E-state index in [9.17, 15) is 9.59 Å². The van der Waals surface area contributed by atoms with Gasteiger partial charge in [-0.2, -0.15) is 0 Å². The Hall–Kier alpha value is -1.00. The zero-order valence-electron chi connectivity index (χ0n) is 6.65. The van der Waals surface area contributed by atoms with Crippen molar-refractivity contribution in [1.82, 2.24) is 10.3 Å². The van der Waals surface area contributed by atoms with Crippen LogP contribution in [0.3, 0.4) is 0 Å². The molecule has 0 bridgehead atoms. The highest BCUT2D eigenvalue weighted by Crippen LogP contribution is 2.11. The van der Waals surface area contributed by atoms with Crippen molar-refractivity contribution >= 4 is 29.1 Å². The van der Waals surface area contributed by atoms with Crippen LogP contribution in [0.25, 0.3) is 0 Å². The average Bonchev–Trinajstić information content (AvgIpc) is 2.02. The Morgan fingerprint density at radius 2 is 2.15 bits per heavy atom. The highest BCUT2D eigenvalue weighted by atomic mass is 35.5. The lowest BCUT2D eigenvalue weighted by Crippen LogP contribution is -2.25. The number of hydrogen-bond acceptors (Lipinski definition) is 2. The standard InChI is InChI=1S/C7H6Cl2N2O2/c1-10-7(13)5-3(12)2-4(8)11-6(5)9/h2H,1H3,(H,10,13)(H,11,12). The minimum absolute atomic E-state index is 0.0585. The number of amides is 1. The van der Waals surface area contributed by atoms with Crippen LogP contribution in [0.4, 0.5) is 0 Å². The topological polar surface area (TPSA) is 62.0 Å². The van der Waals surface area contributed by atoms with Gasteiger partial charge < -0.3 is 10.3 Å². The number of H-pyrrole nitrogens is 1. The van der Waals surface area contributed by atoms with Crippen LogP contribution in [0, 0.1) is 0 Å². The summed E-state index contributed by atoms with van der Waals surface area (Å²) in [5.41, 5.74) is -0.637. The lowest BCUT2D eigenvalue weighted by Gasteiger charge is -2.01. The molecule has 1 heterocycles. The number of halogens is 2. The number of pyridine rings is 1. The van der Waals surface area contributed by atoms with Crippen LogP contribution in [0.1, 0.15) is 10.4 Å². The molecule has 1 aromatic rings. The second-order valence-corrected chi connectivity index (χ2v) is 3.03. The van der Waals surface area contributed by atoms with E-state index in [1.807, 2.05) is 0 Å². The minimum atomic E-state index is -0.539. The molecule has 0 spiro atoms. The van der Waals surface area contributed by atoms with Crippen LogP contribution in [-0.4, -0.2) is 17.9 Å². The molecule has 0 saturated carbocycles. The first-order chi connectivity index (χ1) is 6.06. The molecule has 13 heavy (non-hydrogen) atoms. The van der Waals surface area contributed by atoms with Crippen molar-refractivity contribution in [2.75, 3.05) is 7.05 Å². The van der Waals surface area contributed by atoms with Crippen LogP contribution < -0.4 is 10.7 Å². The van der Waals surface area contributed by atoms with Crippen molar-refractivity contribution in [3.05, 3.63) is 32.2 Å². The van der Waals surface area contributed by atoms with E-state index in [2.05, 4.69) is 10.3 Å². The third kappa shape index (κ3) is 2.02. The lowest BCUT2D eigenvalue weighted by atomic mass is 10.2. The zero-order chi connectivity index (χ0) is 10.0. The largest absolute Gasteiger partial charge is 0.355 e. The smallest absolute Gasteiger partial charge is 0.258 e. The summed E-state index contributed by atoms with van der Waals surface area (Å²) in [5, 5.41) is 2.34. The van der Waals surface area contributed by atoms with Gasteiger partial charge in [0.15, 0.2) is 5.43 Å². The summed E-state index contributed by atoms with van der Waals surface area (Å²) < 4.78 is 0. The molecule has 70 valence electrons. The quantitative estimate of drug-likeness (QED) is 0.696. The first-order valence-corrected chi connectivity index (χ1v) is 4.12. The molecule has 0 atom stereocenters. The normalized spacial score (nSPS) is 9.77. The van der Waals surface area contributed by atoms with E-state index in [4.69, 9.17) is 23.2 Å². The molecular formula is C7H6Cl2N2O2. The van der Waals surface area contributed by atoms with Crippen molar-refractivity contribution in [2.45, 2.75) is 0 Å².